The van der Waals surface area contributed by atoms with Crippen LogP contribution < -0.4 is 5.32 Å². The van der Waals surface area contributed by atoms with Gasteiger partial charge in [0.05, 0.1) is 6.10 Å². The molecule has 2 heteroatoms. The van der Waals surface area contributed by atoms with E-state index in [1.54, 1.807) is 0 Å². The van der Waals surface area contributed by atoms with Crippen LogP contribution in [-0.2, 0) is 4.74 Å². The lowest BCUT2D eigenvalue weighted by Gasteiger charge is -2.20. The summed E-state index contributed by atoms with van der Waals surface area (Å²) in [7, 11) is 1.98. The van der Waals surface area contributed by atoms with Crippen LogP contribution in [0.4, 0.5) is 0 Å². The van der Waals surface area contributed by atoms with Gasteiger partial charge in [-0.2, -0.15) is 0 Å². The van der Waals surface area contributed by atoms with E-state index in [1.807, 2.05) is 7.05 Å². The van der Waals surface area contributed by atoms with E-state index in [9.17, 15) is 0 Å². The van der Waals surface area contributed by atoms with Crippen molar-refractivity contribution in [1.29, 1.82) is 0 Å². The molecule has 1 fully saturated rings. The van der Waals surface area contributed by atoms with Gasteiger partial charge in [0.2, 0.25) is 0 Å². The van der Waals surface area contributed by atoms with E-state index in [1.165, 1.54) is 30.4 Å². The van der Waals surface area contributed by atoms with E-state index < -0.39 is 0 Å². The van der Waals surface area contributed by atoms with E-state index in [0.29, 0.717) is 0 Å². The largest absolute Gasteiger partial charge is 0.372 e. The molecule has 2 nitrogen and oxygen atoms in total. The fourth-order valence-corrected chi connectivity index (χ4v) is 2.18. The number of rotatable bonds is 7. The Morgan fingerprint density at radius 3 is 2.76 bits per heavy atom. The first-order valence-corrected chi connectivity index (χ1v) is 6.63. The molecule has 1 atom stereocenters. The number of hydrogen-bond acceptors (Lipinski definition) is 2. The van der Waals surface area contributed by atoms with E-state index in [0.717, 1.165) is 19.1 Å². The molecule has 94 valence electrons. The van der Waals surface area contributed by atoms with Crippen molar-refractivity contribution >= 4 is 0 Å². The zero-order valence-electron chi connectivity index (χ0n) is 10.9. The summed E-state index contributed by atoms with van der Waals surface area (Å²) < 4.78 is 6.04. The summed E-state index contributed by atoms with van der Waals surface area (Å²) >= 11 is 0. The Morgan fingerprint density at radius 2 is 2.12 bits per heavy atom. The van der Waals surface area contributed by atoms with Gasteiger partial charge < -0.3 is 10.1 Å². The highest BCUT2D eigenvalue weighted by Crippen LogP contribution is 2.33. The van der Waals surface area contributed by atoms with Crippen LogP contribution in [0.25, 0.3) is 0 Å². The fraction of sp³-hybridized carbons (Fsp3) is 0.600. The van der Waals surface area contributed by atoms with Crippen molar-refractivity contribution in [2.75, 3.05) is 20.2 Å². The zero-order valence-corrected chi connectivity index (χ0v) is 10.9. The highest BCUT2D eigenvalue weighted by Gasteiger charge is 2.21. The number of benzene rings is 1. The Labute approximate surface area is 104 Å². The van der Waals surface area contributed by atoms with E-state index >= 15 is 0 Å². The van der Waals surface area contributed by atoms with Gasteiger partial charge in [0.25, 0.3) is 0 Å². The van der Waals surface area contributed by atoms with Crippen molar-refractivity contribution in [2.24, 2.45) is 5.92 Å². The molecule has 0 saturated heterocycles. The Bertz CT molecular complexity index is 347. The first-order chi connectivity index (χ1) is 8.31. The summed E-state index contributed by atoms with van der Waals surface area (Å²) in [5.41, 5.74) is 2.64. The molecule has 1 aliphatic rings. The molecule has 0 heterocycles. The number of likely N-dealkylation sites (N-methyl/N-ethyl adjacent to an activating group) is 1. The van der Waals surface area contributed by atoms with E-state index in [4.69, 9.17) is 4.74 Å². The minimum Gasteiger partial charge on any atom is -0.372 e. The second kappa shape index (κ2) is 6.18. The molecule has 0 amide bonds. The van der Waals surface area contributed by atoms with Gasteiger partial charge in [0.15, 0.2) is 0 Å². The number of aryl methyl sites for hydroxylation is 1. The molecule has 1 N–H and O–H groups in total. The number of ether oxygens (including phenoxy) is 1. The van der Waals surface area contributed by atoms with Gasteiger partial charge in [-0.05, 0) is 37.4 Å². The lowest BCUT2D eigenvalue weighted by molar-refractivity contribution is 0.0495. The smallest absolute Gasteiger partial charge is 0.0951 e. The molecule has 1 unspecified atom stereocenters. The van der Waals surface area contributed by atoms with Crippen molar-refractivity contribution in [3.05, 3.63) is 35.4 Å². The predicted molar refractivity (Wildman–Crippen MR) is 71.1 cm³/mol. The molecule has 0 bridgehead atoms. The number of hydrogen-bond donors (Lipinski definition) is 1. The Kier molecular flexibility index (Phi) is 4.57. The van der Waals surface area contributed by atoms with Gasteiger partial charge in [-0.15, -0.1) is 0 Å². The maximum Gasteiger partial charge on any atom is 0.0951 e. The molecular formula is C15H23NO. The van der Waals surface area contributed by atoms with Crippen LogP contribution in [0, 0.1) is 12.8 Å². The van der Waals surface area contributed by atoms with Gasteiger partial charge in [0, 0.05) is 13.2 Å². The third-order valence-corrected chi connectivity index (χ3v) is 3.47. The third kappa shape index (κ3) is 3.83. The summed E-state index contributed by atoms with van der Waals surface area (Å²) in [6.45, 7) is 3.93. The fourth-order valence-electron chi connectivity index (χ4n) is 2.18. The van der Waals surface area contributed by atoms with Crippen molar-refractivity contribution in [2.45, 2.75) is 32.3 Å². The standard InChI is InChI=1S/C15H23NO/c1-12-5-3-4-6-14(12)15(11-16-2)17-10-9-13-7-8-13/h3-6,13,15-16H,7-11H2,1-2H3. The molecular weight excluding hydrogens is 210 g/mol. The number of nitrogens with one attached hydrogen (secondary N) is 1. The van der Waals surface area contributed by atoms with Crippen LogP contribution >= 0.6 is 0 Å². The molecule has 2 rings (SSSR count). The molecule has 1 saturated carbocycles. The van der Waals surface area contributed by atoms with Gasteiger partial charge in [-0.1, -0.05) is 37.1 Å². The maximum atomic E-state index is 6.04. The van der Waals surface area contributed by atoms with Crippen LogP contribution in [0.15, 0.2) is 24.3 Å². The molecule has 0 aliphatic heterocycles. The van der Waals surface area contributed by atoms with Crippen LogP contribution in [0.3, 0.4) is 0 Å². The van der Waals surface area contributed by atoms with Crippen LogP contribution in [0.5, 0.6) is 0 Å². The molecule has 0 spiro atoms. The Morgan fingerprint density at radius 1 is 1.35 bits per heavy atom. The quantitative estimate of drug-likeness (QED) is 0.781. The van der Waals surface area contributed by atoms with Crippen molar-refractivity contribution < 1.29 is 4.74 Å². The average Bonchev–Trinajstić information content (AvgIpc) is 3.13. The first kappa shape index (κ1) is 12.6. The first-order valence-electron chi connectivity index (χ1n) is 6.63. The highest BCUT2D eigenvalue weighted by atomic mass is 16.5. The van der Waals surface area contributed by atoms with Crippen LogP contribution in [0.2, 0.25) is 0 Å². The highest BCUT2D eigenvalue weighted by molar-refractivity contribution is 5.28. The topological polar surface area (TPSA) is 21.3 Å². The summed E-state index contributed by atoms with van der Waals surface area (Å²) in [5, 5.41) is 3.22. The summed E-state index contributed by atoms with van der Waals surface area (Å²) in [6.07, 6.45) is 4.24. The molecule has 0 aromatic heterocycles. The van der Waals surface area contributed by atoms with Crippen molar-refractivity contribution in [3.8, 4) is 0 Å². The molecule has 1 aromatic rings. The zero-order chi connectivity index (χ0) is 12.1. The molecule has 17 heavy (non-hydrogen) atoms. The molecule has 1 aromatic carbocycles. The van der Waals surface area contributed by atoms with Gasteiger partial charge in [-0.3, -0.25) is 0 Å². The van der Waals surface area contributed by atoms with Crippen LogP contribution in [0.1, 0.15) is 36.5 Å². The SMILES string of the molecule is CNCC(OCCC1CC1)c1ccccc1C. The van der Waals surface area contributed by atoms with Crippen molar-refractivity contribution in [1.82, 2.24) is 5.32 Å². The minimum absolute atomic E-state index is 0.194. The lowest BCUT2D eigenvalue weighted by atomic mass is 10.0. The van der Waals surface area contributed by atoms with E-state index in [2.05, 4.69) is 36.5 Å². The summed E-state index contributed by atoms with van der Waals surface area (Å²) in [4.78, 5) is 0. The Balaban J connectivity index is 1.92. The van der Waals surface area contributed by atoms with Gasteiger partial charge in [0.1, 0.15) is 0 Å². The maximum absolute atomic E-state index is 6.04. The minimum atomic E-state index is 0.194. The van der Waals surface area contributed by atoms with Crippen LogP contribution in [-0.4, -0.2) is 20.2 Å². The second-order valence-corrected chi connectivity index (χ2v) is 5.01. The lowest BCUT2D eigenvalue weighted by Crippen LogP contribution is -2.21. The average molecular weight is 233 g/mol. The molecule has 0 radical (unpaired) electrons. The third-order valence-electron chi connectivity index (χ3n) is 3.47. The molecule has 1 aliphatic carbocycles. The second-order valence-electron chi connectivity index (χ2n) is 5.01. The monoisotopic (exact) mass is 233 g/mol. The van der Waals surface area contributed by atoms with Crippen molar-refractivity contribution in [3.63, 3.8) is 0 Å². The normalized spacial score (nSPS) is 17.1. The van der Waals surface area contributed by atoms with E-state index in [-0.39, 0.29) is 6.10 Å². The van der Waals surface area contributed by atoms with Gasteiger partial charge in [-0.25, -0.2) is 0 Å². The predicted octanol–water partition coefficient (Wildman–Crippen LogP) is 3.07. The summed E-state index contributed by atoms with van der Waals surface area (Å²) in [5.74, 6) is 0.946. The Hall–Kier alpha value is -0.860. The van der Waals surface area contributed by atoms with Gasteiger partial charge >= 0.3 is 0 Å². The summed E-state index contributed by atoms with van der Waals surface area (Å²) in [6, 6.07) is 8.51.